The van der Waals surface area contributed by atoms with Gasteiger partial charge in [-0.1, -0.05) is 103 Å². The van der Waals surface area contributed by atoms with Crippen LogP contribution in [0.1, 0.15) is 110 Å². The number of rotatable bonds is 21. The number of carbonyl (C=O) groups excluding carboxylic acids is 1. The number of amides is 1. The Morgan fingerprint density at radius 1 is 0.733 bits per heavy atom. The molecule has 0 aliphatic rings. The summed E-state index contributed by atoms with van der Waals surface area (Å²) in [6, 6.07) is 0. The van der Waals surface area contributed by atoms with Gasteiger partial charge in [0.15, 0.2) is 0 Å². The highest BCUT2D eigenvalue weighted by Crippen LogP contribution is 2.13. The number of hydrogen-bond donors (Lipinski definition) is 1. The van der Waals surface area contributed by atoms with Crippen LogP contribution in [0, 0.1) is 0 Å². The van der Waals surface area contributed by atoms with E-state index in [1.54, 1.807) is 14.1 Å². The predicted molar refractivity (Wildman–Crippen MR) is 128 cm³/mol. The van der Waals surface area contributed by atoms with E-state index in [4.69, 9.17) is 4.74 Å². The van der Waals surface area contributed by atoms with Gasteiger partial charge in [-0.2, -0.15) is 0 Å². The van der Waals surface area contributed by atoms with E-state index in [1.165, 1.54) is 101 Å². The molecule has 0 rings (SSSR count). The Bertz CT molecular complexity index is 377. The highest BCUT2D eigenvalue weighted by molar-refractivity contribution is 5.66. The summed E-state index contributed by atoms with van der Waals surface area (Å²) in [6.45, 7) is 3.70. The average Bonchev–Trinajstić information content (AvgIpc) is 2.72. The Morgan fingerprint density at radius 2 is 1.13 bits per heavy atom. The molecule has 1 amide bonds. The molecule has 1 unspecified atom stereocenters. The standard InChI is InChI=1S/C25H52N2O3/c1-5-6-7-8-9-10-11-12-13-14-15-16-17-18-19-20-21-27(4)22-24(23-28)30-25(29)26(2)3/h24,28H,5-23H2,1-4H3. The first kappa shape index (κ1) is 29.2. The van der Waals surface area contributed by atoms with Gasteiger partial charge in [0.25, 0.3) is 0 Å². The van der Waals surface area contributed by atoms with Gasteiger partial charge in [0.05, 0.1) is 6.61 Å². The molecule has 0 aromatic heterocycles. The highest BCUT2D eigenvalue weighted by atomic mass is 16.6. The third-order valence-electron chi connectivity index (χ3n) is 5.74. The van der Waals surface area contributed by atoms with Crippen LogP contribution in [0.15, 0.2) is 0 Å². The van der Waals surface area contributed by atoms with Crippen LogP contribution >= 0.6 is 0 Å². The summed E-state index contributed by atoms with van der Waals surface area (Å²) in [5.41, 5.74) is 0. The molecule has 1 atom stereocenters. The maximum absolute atomic E-state index is 11.6. The molecule has 0 radical (unpaired) electrons. The largest absolute Gasteiger partial charge is 0.442 e. The smallest absolute Gasteiger partial charge is 0.409 e. The molecular formula is C25H52N2O3. The fraction of sp³-hybridized carbons (Fsp3) is 0.960. The van der Waals surface area contributed by atoms with Gasteiger partial charge in [0.2, 0.25) is 0 Å². The zero-order valence-electron chi connectivity index (χ0n) is 20.7. The number of carbonyl (C=O) groups is 1. The lowest BCUT2D eigenvalue weighted by molar-refractivity contribution is 0.0250. The molecule has 5 heteroatoms. The van der Waals surface area contributed by atoms with Crippen LogP contribution in [0.25, 0.3) is 0 Å². The van der Waals surface area contributed by atoms with Gasteiger partial charge in [0, 0.05) is 20.6 Å². The van der Waals surface area contributed by atoms with E-state index in [0.717, 1.165) is 13.0 Å². The molecule has 0 bridgehead atoms. The van der Waals surface area contributed by atoms with Crippen molar-refractivity contribution in [1.29, 1.82) is 0 Å². The quantitative estimate of drug-likeness (QED) is 0.220. The SMILES string of the molecule is CCCCCCCCCCCCCCCCCCN(C)CC(CO)OC(=O)N(C)C. The van der Waals surface area contributed by atoms with Crippen LogP contribution in [0.2, 0.25) is 0 Å². The molecule has 0 aliphatic heterocycles. The van der Waals surface area contributed by atoms with Crippen molar-refractivity contribution in [2.75, 3.05) is 40.8 Å². The topological polar surface area (TPSA) is 53.0 Å². The number of nitrogens with zero attached hydrogens (tertiary/aromatic N) is 2. The van der Waals surface area contributed by atoms with E-state index in [9.17, 15) is 9.90 Å². The molecular weight excluding hydrogens is 376 g/mol. The van der Waals surface area contributed by atoms with Crippen molar-refractivity contribution in [2.24, 2.45) is 0 Å². The lowest BCUT2D eigenvalue weighted by Crippen LogP contribution is -2.38. The van der Waals surface area contributed by atoms with Crippen LogP contribution in [-0.4, -0.2) is 67.9 Å². The predicted octanol–water partition coefficient (Wildman–Crippen LogP) is 6.24. The highest BCUT2D eigenvalue weighted by Gasteiger charge is 2.16. The summed E-state index contributed by atoms with van der Waals surface area (Å²) in [5, 5.41) is 9.40. The molecule has 0 aliphatic carbocycles. The number of unbranched alkanes of at least 4 members (excludes halogenated alkanes) is 15. The van der Waals surface area contributed by atoms with Gasteiger partial charge in [-0.05, 0) is 20.0 Å². The summed E-state index contributed by atoms with van der Waals surface area (Å²) in [5.74, 6) is 0. The van der Waals surface area contributed by atoms with E-state index < -0.39 is 12.2 Å². The first-order valence-electron chi connectivity index (χ1n) is 12.7. The van der Waals surface area contributed by atoms with Gasteiger partial charge < -0.3 is 19.6 Å². The minimum absolute atomic E-state index is 0.136. The van der Waals surface area contributed by atoms with E-state index in [2.05, 4.69) is 11.8 Å². The van der Waals surface area contributed by atoms with Gasteiger partial charge >= 0.3 is 6.09 Å². The Balaban J connectivity index is 3.39. The van der Waals surface area contributed by atoms with Gasteiger partial charge in [-0.15, -0.1) is 0 Å². The normalized spacial score (nSPS) is 12.3. The lowest BCUT2D eigenvalue weighted by Gasteiger charge is -2.24. The van der Waals surface area contributed by atoms with Gasteiger partial charge in [-0.3, -0.25) is 0 Å². The third-order valence-corrected chi connectivity index (χ3v) is 5.74. The first-order valence-corrected chi connectivity index (χ1v) is 12.7. The van der Waals surface area contributed by atoms with E-state index in [1.807, 2.05) is 7.05 Å². The molecule has 0 heterocycles. The number of aliphatic hydroxyl groups is 1. The van der Waals surface area contributed by atoms with Crippen molar-refractivity contribution in [3.63, 3.8) is 0 Å². The summed E-state index contributed by atoms with van der Waals surface area (Å²) in [6.07, 6.45) is 21.2. The Morgan fingerprint density at radius 3 is 1.50 bits per heavy atom. The summed E-state index contributed by atoms with van der Waals surface area (Å²) >= 11 is 0. The first-order chi connectivity index (χ1) is 14.5. The van der Waals surface area contributed by atoms with Gasteiger partial charge in [-0.25, -0.2) is 4.79 Å². The van der Waals surface area contributed by atoms with Crippen LogP contribution in [0.4, 0.5) is 4.79 Å². The van der Waals surface area contributed by atoms with Crippen molar-refractivity contribution in [1.82, 2.24) is 9.80 Å². The van der Waals surface area contributed by atoms with Gasteiger partial charge in [0.1, 0.15) is 6.10 Å². The van der Waals surface area contributed by atoms with E-state index >= 15 is 0 Å². The Labute approximate surface area is 187 Å². The summed E-state index contributed by atoms with van der Waals surface area (Å²) in [4.78, 5) is 15.1. The van der Waals surface area contributed by atoms with E-state index in [-0.39, 0.29) is 6.61 Å². The van der Waals surface area contributed by atoms with E-state index in [0.29, 0.717) is 6.54 Å². The Hall–Kier alpha value is -0.810. The fourth-order valence-electron chi connectivity index (χ4n) is 3.75. The number of likely N-dealkylation sites (N-methyl/N-ethyl adjacent to an activating group) is 1. The second-order valence-corrected chi connectivity index (χ2v) is 9.15. The van der Waals surface area contributed by atoms with Crippen molar-refractivity contribution >= 4 is 6.09 Å². The van der Waals surface area contributed by atoms with Crippen molar-refractivity contribution < 1.29 is 14.6 Å². The average molecular weight is 429 g/mol. The van der Waals surface area contributed by atoms with Crippen molar-refractivity contribution in [3.8, 4) is 0 Å². The summed E-state index contributed by atoms with van der Waals surface area (Å²) in [7, 11) is 5.32. The van der Waals surface area contributed by atoms with Crippen LogP contribution < -0.4 is 0 Å². The number of aliphatic hydroxyl groups excluding tert-OH is 1. The molecule has 0 saturated heterocycles. The maximum atomic E-state index is 11.6. The van der Waals surface area contributed by atoms with Crippen LogP contribution in [0.5, 0.6) is 0 Å². The molecule has 0 aromatic rings. The fourth-order valence-corrected chi connectivity index (χ4v) is 3.75. The minimum atomic E-state index is -0.453. The third kappa shape index (κ3) is 19.2. The van der Waals surface area contributed by atoms with Crippen molar-refractivity contribution in [3.05, 3.63) is 0 Å². The zero-order valence-corrected chi connectivity index (χ0v) is 20.7. The Kier molecular flexibility index (Phi) is 20.8. The molecule has 1 N–H and O–H groups in total. The van der Waals surface area contributed by atoms with Crippen molar-refractivity contribution in [2.45, 2.75) is 116 Å². The lowest BCUT2D eigenvalue weighted by atomic mass is 10.0. The molecule has 0 fully saturated rings. The second-order valence-electron chi connectivity index (χ2n) is 9.15. The van der Waals surface area contributed by atoms with Crippen LogP contribution in [-0.2, 0) is 4.74 Å². The number of ether oxygens (including phenoxy) is 1. The molecule has 0 spiro atoms. The molecule has 5 nitrogen and oxygen atoms in total. The van der Waals surface area contributed by atoms with Crippen LogP contribution in [0.3, 0.4) is 0 Å². The second kappa shape index (κ2) is 21.4. The molecule has 180 valence electrons. The molecule has 30 heavy (non-hydrogen) atoms. The summed E-state index contributed by atoms with van der Waals surface area (Å²) < 4.78 is 5.26. The zero-order chi connectivity index (χ0) is 22.5. The maximum Gasteiger partial charge on any atom is 0.409 e. The number of hydrogen-bond acceptors (Lipinski definition) is 4. The molecule has 0 aromatic carbocycles. The molecule has 0 saturated carbocycles. The monoisotopic (exact) mass is 428 g/mol. The minimum Gasteiger partial charge on any atom is -0.442 e.